The molecular formula is C22H27N3O2S. The topological polar surface area (TPSA) is 71.1 Å². The summed E-state index contributed by atoms with van der Waals surface area (Å²) in [7, 11) is 0. The van der Waals surface area contributed by atoms with E-state index in [0.717, 1.165) is 17.0 Å². The number of carbonyl (C=O) groups is 2. The number of thioether (sulfide) groups is 1. The van der Waals surface area contributed by atoms with E-state index < -0.39 is 0 Å². The zero-order chi connectivity index (χ0) is 19.8. The molecule has 3 rings (SSSR count). The van der Waals surface area contributed by atoms with Gasteiger partial charge in [0.25, 0.3) is 5.91 Å². The molecule has 2 N–H and O–H groups in total. The van der Waals surface area contributed by atoms with E-state index >= 15 is 0 Å². The lowest BCUT2D eigenvalue weighted by atomic mass is 9.89. The van der Waals surface area contributed by atoms with Crippen LogP contribution in [0.1, 0.15) is 48.0 Å². The van der Waals surface area contributed by atoms with E-state index in [2.05, 4.69) is 15.6 Å². The number of rotatable bonds is 7. The molecule has 0 saturated heterocycles. The van der Waals surface area contributed by atoms with Gasteiger partial charge in [-0.15, -0.1) is 11.8 Å². The van der Waals surface area contributed by atoms with Crippen LogP contribution in [0.5, 0.6) is 0 Å². The minimum Gasteiger partial charge on any atom is -0.355 e. The van der Waals surface area contributed by atoms with Crippen LogP contribution >= 0.6 is 11.8 Å². The first kappa shape index (κ1) is 20.4. The van der Waals surface area contributed by atoms with Gasteiger partial charge in [0.1, 0.15) is 0 Å². The van der Waals surface area contributed by atoms with E-state index in [9.17, 15) is 9.59 Å². The molecule has 2 aromatic rings. The van der Waals surface area contributed by atoms with Crippen LogP contribution in [-0.4, -0.2) is 29.1 Å². The smallest absolute Gasteiger partial charge is 0.256 e. The summed E-state index contributed by atoms with van der Waals surface area (Å²) >= 11 is 1.40. The highest BCUT2D eigenvalue weighted by Gasteiger charge is 2.16. The van der Waals surface area contributed by atoms with Crippen molar-refractivity contribution in [3.63, 3.8) is 0 Å². The molecule has 6 heteroatoms. The quantitative estimate of drug-likeness (QED) is 0.678. The van der Waals surface area contributed by atoms with Crippen molar-refractivity contribution in [2.75, 3.05) is 17.6 Å². The molecule has 1 aromatic heterocycles. The fraction of sp³-hybridized carbons (Fsp3) is 0.409. The van der Waals surface area contributed by atoms with Crippen molar-refractivity contribution < 1.29 is 9.59 Å². The second-order valence-electron chi connectivity index (χ2n) is 7.24. The lowest BCUT2D eigenvalue weighted by Gasteiger charge is -2.21. The van der Waals surface area contributed by atoms with Gasteiger partial charge in [0.2, 0.25) is 5.91 Å². The van der Waals surface area contributed by atoms with Crippen LogP contribution in [0.4, 0.5) is 5.69 Å². The highest BCUT2D eigenvalue weighted by Crippen LogP contribution is 2.25. The Bertz CT molecular complexity index is 819. The molecule has 0 radical (unpaired) electrons. The third-order valence-corrected chi connectivity index (χ3v) is 6.16. The Balaban J connectivity index is 1.55. The van der Waals surface area contributed by atoms with Crippen molar-refractivity contribution in [1.82, 2.24) is 10.3 Å². The summed E-state index contributed by atoms with van der Waals surface area (Å²) < 4.78 is 0. The van der Waals surface area contributed by atoms with Gasteiger partial charge in [-0.1, -0.05) is 31.4 Å². The standard InChI is InChI=1S/C22H27N3O2S/c1-16-11-12-23-14-19(16)25-22(27)18-9-5-6-10-20(18)28-15-21(26)24-13-17-7-3-2-4-8-17/h5-6,9-12,14,17H,2-4,7-8,13,15H2,1H3,(H,24,26)(H,25,27). The maximum absolute atomic E-state index is 12.7. The number of anilines is 1. The molecule has 0 unspecified atom stereocenters. The minimum absolute atomic E-state index is 0.0221. The third kappa shape index (κ3) is 5.83. The van der Waals surface area contributed by atoms with Crippen LogP contribution in [0.2, 0.25) is 0 Å². The fourth-order valence-electron chi connectivity index (χ4n) is 3.41. The van der Waals surface area contributed by atoms with Crippen molar-refractivity contribution in [1.29, 1.82) is 0 Å². The normalized spacial score (nSPS) is 14.5. The molecular weight excluding hydrogens is 370 g/mol. The number of carbonyl (C=O) groups excluding carboxylic acids is 2. The lowest BCUT2D eigenvalue weighted by Crippen LogP contribution is -2.31. The van der Waals surface area contributed by atoms with Gasteiger partial charge in [0.15, 0.2) is 0 Å². The highest BCUT2D eigenvalue weighted by molar-refractivity contribution is 8.00. The molecule has 148 valence electrons. The van der Waals surface area contributed by atoms with E-state index in [-0.39, 0.29) is 11.8 Å². The van der Waals surface area contributed by atoms with Crippen molar-refractivity contribution in [2.45, 2.75) is 43.9 Å². The summed E-state index contributed by atoms with van der Waals surface area (Å²) in [5.74, 6) is 0.752. The van der Waals surface area contributed by atoms with Crippen LogP contribution in [0.3, 0.4) is 0 Å². The maximum atomic E-state index is 12.7. The Labute approximate surface area is 170 Å². The molecule has 1 aliphatic carbocycles. The summed E-state index contributed by atoms with van der Waals surface area (Å²) in [6.45, 7) is 2.69. The number of amides is 2. The van der Waals surface area contributed by atoms with Gasteiger partial charge in [0.05, 0.1) is 23.2 Å². The van der Waals surface area contributed by atoms with Gasteiger partial charge in [-0.3, -0.25) is 14.6 Å². The molecule has 0 atom stereocenters. The number of hydrogen-bond acceptors (Lipinski definition) is 4. The molecule has 0 spiro atoms. The average molecular weight is 398 g/mol. The molecule has 1 fully saturated rings. The number of hydrogen-bond donors (Lipinski definition) is 2. The number of benzene rings is 1. The predicted molar refractivity (Wildman–Crippen MR) is 114 cm³/mol. The lowest BCUT2D eigenvalue weighted by molar-refractivity contribution is -0.118. The number of pyridine rings is 1. The Hall–Kier alpha value is -2.34. The molecule has 2 amide bonds. The Kier molecular flexibility index (Phi) is 7.48. The molecule has 5 nitrogen and oxygen atoms in total. The van der Waals surface area contributed by atoms with Crippen LogP contribution in [-0.2, 0) is 4.79 Å². The fourth-order valence-corrected chi connectivity index (χ4v) is 4.29. The SMILES string of the molecule is Cc1ccncc1NC(=O)c1ccccc1SCC(=O)NCC1CCCCC1. The van der Waals surface area contributed by atoms with Gasteiger partial charge in [-0.25, -0.2) is 0 Å². The third-order valence-electron chi connectivity index (χ3n) is 5.09. The molecule has 28 heavy (non-hydrogen) atoms. The van der Waals surface area contributed by atoms with Crippen molar-refractivity contribution in [2.24, 2.45) is 5.92 Å². The summed E-state index contributed by atoms with van der Waals surface area (Å²) in [5, 5.41) is 5.96. The predicted octanol–water partition coefficient (Wildman–Crippen LogP) is 4.43. The first-order valence-electron chi connectivity index (χ1n) is 9.84. The van der Waals surface area contributed by atoms with Crippen molar-refractivity contribution in [3.8, 4) is 0 Å². The second kappa shape index (κ2) is 10.3. The molecule has 0 bridgehead atoms. The number of nitrogens with zero attached hydrogens (tertiary/aromatic N) is 1. The highest BCUT2D eigenvalue weighted by atomic mass is 32.2. The van der Waals surface area contributed by atoms with Crippen LogP contribution in [0.15, 0.2) is 47.6 Å². The van der Waals surface area contributed by atoms with Gasteiger partial charge in [-0.05, 0) is 49.4 Å². The first-order chi connectivity index (χ1) is 13.6. The zero-order valence-electron chi connectivity index (χ0n) is 16.2. The van der Waals surface area contributed by atoms with Gasteiger partial charge >= 0.3 is 0 Å². The largest absolute Gasteiger partial charge is 0.355 e. The molecule has 1 saturated carbocycles. The number of aromatic nitrogens is 1. The van der Waals surface area contributed by atoms with Crippen molar-refractivity contribution in [3.05, 3.63) is 53.9 Å². The van der Waals surface area contributed by atoms with Crippen LogP contribution in [0, 0.1) is 12.8 Å². The molecule has 1 heterocycles. The van der Waals surface area contributed by atoms with E-state index in [1.165, 1.54) is 43.9 Å². The monoisotopic (exact) mass is 397 g/mol. The Morgan fingerprint density at radius 2 is 1.93 bits per heavy atom. The first-order valence-corrected chi connectivity index (χ1v) is 10.8. The summed E-state index contributed by atoms with van der Waals surface area (Å²) in [4.78, 5) is 29.8. The summed E-state index contributed by atoms with van der Waals surface area (Å²) in [6, 6.07) is 9.23. The van der Waals surface area contributed by atoms with Crippen molar-refractivity contribution >= 4 is 29.3 Å². The van der Waals surface area contributed by atoms with E-state index in [1.54, 1.807) is 18.5 Å². The van der Waals surface area contributed by atoms with Gasteiger partial charge < -0.3 is 10.6 Å². The molecule has 1 aliphatic rings. The van der Waals surface area contributed by atoms with E-state index in [0.29, 0.717) is 22.9 Å². The van der Waals surface area contributed by atoms with Gasteiger partial charge in [0, 0.05) is 17.6 Å². The molecule has 0 aliphatic heterocycles. The number of aryl methyl sites for hydroxylation is 1. The maximum Gasteiger partial charge on any atom is 0.256 e. The van der Waals surface area contributed by atoms with Crippen LogP contribution in [0.25, 0.3) is 0 Å². The zero-order valence-corrected chi connectivity index (χ0v) is 17.1. The van der Waals surface area contributed by atoms with E-state index in [1.807, 2.05) is 31.2 Å². The number of nitrogens with one attached hydrogen (secondary N) is 2. The Morgan fingerprint density at radius 3 is 2.71 bits per heavy atom. The van der Waals surface area contributed by atoms with Gasteiger partial charge in [-0.2, -0.15) is 0 Å². The summed E-state index contributed by atoms with van der Waals surface area (Å²) in [5.41, 5.74) is 2.21. The summed E-state index contributed by atoms with van der Waals surface area (Å²) in [6.07, 6.45) is 9.62. The molecule has 1 aromatic carbocycles. The average Bonchev–Trinajstić information content (AvgIpc) is 2.73. The van der Waals surface area contributed by atoms with E-state index in [4.69, 9.17) is 0 Å². The second-order valence-corrected chi connectivity index (χ2v) is 8.25. The Morgan fingerprint density at radius 1 is 1.14 bits per heavy atom. The van der Waals surface area contributed by atoms with Crippen LogP contribution < -0.4 is 10.6 Å². The minimum atomic E-state index is -0.193.